The van der Waals surface area contributed by atoms with Crippen molar-refractivity contribution >= 4 is 40.9 Å². The van der Waals surface area contributed by atoms with Gasteiger partial charge in [0.1, 0.15) is 30.0 Å². The Labute approximate surface area is 256 Å². The average Bonchev–Trinajstić information content (AvgIpc) is 3.35. The highest BCUT2D eigenvalue weighted by Crippen LogP contribution is 2.19. The van der Waals surface area contributed by atoms with Gasteiger partial charge in [0, 0.05) is 24.0 Å². The fourth-order valence-electron chi connectivity index (χ4n) is 4.40. The molecule has 1 aromatic carbocycles. The lowest BCUT2D eigenvalue weighted by molar-refractivity contribution is -0.136. The molecule has 5 amide bonds. The van der Waals surface area contributed by atoms with Crippen LogP contribution in [-0.2, 0) is 25.6 Å². The lowest BCUT2D eigenvalue weighted by atomic mass is 9.98. The maximum atomic E-state index is 13.4. The van der Waals surface area contributed by atoms with Crippen molar-refractivity contribution in [1.82, 2.24) is 31.6 Å². The summed E-state index contributed by atoms with van der Waals surface area (Å²) < 4.78 is 5.89. The topological polar surface area (TPSA) is 168 Å². The van der Waals surface area contributed by atoms with Gasteiger partial charge in [0.05, 0.1) is 23.0 Å². The van der Waals surface area contributed by atoms with Crippen LogP contribution in [0.15, 0.2) is 29.6 Å². The van der Waals surface area contributed by atoms with E-state index in [1.807, 2.05) is 12.3 Å². The van der Waals surface area contributed by atoms with E-state index >= 15 is 0 Å². The van der Waals surface area contributed by atoms with E-state index in [2.05, 4.69) is 31.6 Å². The summed E-state index contributed by atoms with van der Waals surface area (Å²) in [5, 5.41) is 16.6. The van der Waals surface area contributed by atoms with Crippen LogP contribution in [0.25, 0.3) is 0 Å². The van der Waals surface area contributed by atoms with Gasteiger partial charge >= 0.3 is 0 Å². The highest BCUT2D eigenvalue weighted by atomic mass is 32.1. The van der Waals surface area contributed by atoms with E-state index in [9.17, 15) is 24.0 Å². The zero-order valence-corrected chi connectivity index (χ0v) is 26.4. The molecule has 0 bridgehead atoms. The number of aryl methyl sites for hydroxylation is 2. The molecule has 2 aromatic rings. The fraction of sp³-hybridized carbons (Fsp3) is 0.533. The van der Waals surface area contributed by atoms with Crippen LogP contribution < -0.4 is 31.3 Å². The highest BCUT2D eigenvalue weighted by Gasteiger charge is 2.36. The van der Waals surface area contributed by atoms with Gasteiger partial charge in [0.2, 0.25) is 23.6 Å². The lowest BCUT2D eigenvalue weighted by Gasteiger charge is -2.30. The van der Waals surface area contributed by atoms with E-state index in [1.165, 1.54) is 13.8 Å². The number of nitrogens with zero attached hydrogens (tertiary/aromatic N) is 1. The molecule has 12 nitrogen and oxygen atoms in total. The third-order valence-corrected chi connectivity index (χ3v) is 7.84. The second-order valence-electron chi connectivity index (χ2n) is 11.6. The van der Waals surface area contributed by atoms with Crippen LogP contribution in [0, 0.1) is 12.8 Å². The first-order valence-electron chi connectivity index (χ1n) is 14.4. The molecule has 0 saturated heterocycles. The van der Waals surface area contributed by atoms with Gasteiger partial charge in [-0.3, -0.25) is 24.0 Å². The van der Waals surface area contributed by atoms with Crippen LogP contribution in [0.4, 0.5) is 0 Å². The summed E-state index contributed by atoms with van der Waals surface area (Å²) in [7, 11) is 0. The molecule has 5 N–H and O–H groups in total. The van der Waals surface area contributed by atoms with Gasteiger partial charge in [-0.2, -0.15) is 0 Å². The number of thiazole rings is 1. The SMILES string of the molecule is Cc1csc(CCCNC(=O)[C@@H]2CC(=O)NC(C)(C)C(=O)N[C@H](C(C)C)C(=O)N[C@@H](C)COc3ccccc3C(=O)N2)n1. The van der Waals surface area contributed by atoms with E-state index in [-0.39, 0.29) is 23.8 Å². The maximum absolute atomic E-state index is 13.4. The summed E-state index contributed by atoms with van der Waals surface area (Å²) in [6, 6.07) is 3.95. The zero-order chi connectivity index (χ0) is 31.7. The fourth-order valence-corrected chi connectivity index (χ4v) is 5.22. The molecular formula is C30H42N6O6S. The van der Waals surface area contributed by atoms with E-state index in [4.69, 9.17) is 4.74 Å². The van der Waals surface area contributed by atoms with Crippen molar-refractivity contribution in [2.24, 2.45) is 5.92 Å². The number of para-hydroxylation sites is 1. The predicted octanol–water partition coefficient (Wildman–Crippen LogP) is 1.62. The van der Waals surface area contributed by atoms with Crippen LogP contribution in [0.3, 0.4) is 0 Å². The number of carbonyl (C=O) groups excluding carboxylic acids is 5. The summed E-state index contributed by atoms with van der Waals surface area (Å²) in [6.07, 6.45) is 0.878. The minimum atomic E-state index is -1.42. The van der Waals surface area contributed by atoms with Crippen molar-refractivity contribution in [3.05, 3.63) is 45.9 Å². The van der Waals surface area contributed by atoms with Gasteiger partial charge in [0.25, 0.3) is 5.91 Å². The molecule has 1 aliphatic heterocycles. The van der Waals surface area contributed by atoms with Crippen LogP contribution >= 0.6 is 11.3 Å². The summed E-state index contributed by atoms with van der Waals surface area (Å²) in [5.74, 6) is -2.76. The standard InChI is InChI=1S/C30H42N6O6S/c1-17(2)25-28(40)33-18(3)15-42-22-11-8-7-10-20(22)26(38)34-21(14-23(37)36-30(5,6)29(41)35-25)27(39)31-13-9-12-24-32-19(4)16-43-24/h7-8,10-11,16-18,21,25H,9,12-15H2,1-6H3,(H,31,39)(H,33,40)(H,34,38)(H,35,41)(H,36,37)/t18-,21-,25+/m0/s1. The van der Waals surface area contributed by atoms with Crippen molar-refractivity contribution in [3.8, 4) is 5.75 Å². The summed E-state index contributed by atoms with van der Waals surface area (Å²) in [4.78, 5) is 70.5. The van der Waals surface area contributed by atoms with Crippen LogP contribution in [0.2, 0.25) is 0 Å². The van der Waals surface area contributed by atoms with Crippen LogP contribution in [0.5, 0.6) is 5.75 Å². The Balaban J connectivity index is 1.84. The van der Waals surface area contributed by atoms with Crippen LogP contribution in [0.1, 0.15) is 68.5 Å². The lowest BCUT2D eigenvalue weighted by Crippen LogP contribution is -2.61. The first kappa shape index (κ1) is 33.5. The van der Waals surface area contributed by atoms with Gasteiger partial charge < -0.3 is 31.3 Å². The van der Waals surface area contributed by atoms with Crippen LogP contribution in [-0.4, -0.2) is 71.3 Å². The minimum Gasteiger partial charge on any atom is -0.491 e. The molecule has 2 heterocycles. The third-order valence-electron chi connectivity index (χ3n) is 6.81. The Morgan fingerprint density at radius 3 is 2.53 bits per heavy atom. The van der Waals surface area contributed by atoms with Crippen molar-refractivity contribution in [2.75, 3.05) is 13.2 Å². The Bertz CT molecular complexity index is 1330. The average molecular weight is 615 g/mol. The Kier molecular flexibility index (Phi) is 11.6. The van der Waals surface area contributed by atoms with E-state index in [1.54, 1.807) is 56.4 Å². The number of nitrogens with one attached hydrogen (secondary N) is 5. The van der Waals surface area contributed by atoms with Crippen molar-refractivity contribution < 1.29 is 28.7 Å². The number of hydrogen-bond acceptors (Lipinski definition) is 8. The third kappa shape index (κ3) is 9.77. The number of fused-ring (bicyclic) bond motifs is 1. The molecule has 43 heavy (non-hydrogen) atoms. The van der Waals surface area contributed by atoms with Crippen molar-refractivity contribution in [1.29, 1.82) is 0 Å². The molecule has 0 fully saturated rings. The molecule has 0 unspecified atom stereocenters. The Morgan fingerprint density at radius 2 is 1.86 bits per heavy atom. The zero-order valence-electron chi connectivity index (χ0n) is 25.5. The van der Waals surface area contributed by atoms with Gasteiger partial charge in [-0.1, -0.05) is 26.0 Å². The second-order valence-corrected chi connectivity index (χ2v) is 12.5. The maximum Gasteiger partial charge on any atom is 0.255 e. The molecule has 3 rings (SSSR count). The molecule has 234 valence electrons. The first-order valence-corrected chi connectivity index (χ1v) is 15.3. The number of hydrogen-bond donors (Lipinski definition) is 5. The highest BCUT2D eigenvalue weighted by molar-refractivity contribution is 7.09. The second kappa shape index (κ2) is 14.9. The smallest absolute Gasteiger partial charge is 0.255 e. The molecule has 0 aliphatic carbocycles. The number of rotatable bonds is 6. The normalized spacial score (nSPS) is 21.8. The molecule has 1 aliphatic rings. The number of amides is 5. The quantitative estimate of drug-likeness (QED) is 0.308. The predicted molar refractivity (Wildman–Crippen MR) is 163 cm³/mol. The first-order chi connectivity index (χ1) is 20.3. The number of carbonyl (C=O) groups is 5. The summed E-state index contributed by atoms with van der Waals surface area (Å²) in [5.41, 5.74) is -0.311. The monoisotopic (exact) mass is 614 g/mol. The number of benzene rings is 1. The molecule has 0 radical (unpaired) electrons. The van der Waals surface area contributed by atoms with Crippen molar-refractivity contribution in [3.63, 3.8) is 0 Å². The molecule has 3 atom stereocenters. The van der Waals surface area contributed by atoms with Gasteiger partial charge in [-0.15, -0.1) is 11.3 Å². The summed E-state index contributed by atoms with van der Waals surface area (Å²) in [6.45, 7) is 10.6. The van der Waals surface area contributed by atoms with E-state index < -0.39 is 59.6 Å². The molecule has 13 heteroatoms. The minimum absolute atomic E-state index is 0.0445. The van der Waals surface area contributed by atoms with Gasteiger partial charge in [-0.25, -0.2) is 4.98 Å². The molecule has 0 saturated carbocycles. The number of aromatic nitrogens is 1. The van der Waals surface area contributed by atoms with Gasteiger partial charge in [0.15, 0.2) is 0 Å². The largest absolute Gasteiger partial charge is 0.491 e. The Morgan fingerprint density at radius 1 is 1.14 bits per heavy atom. The molecule has 0 spiro atoms. The molecule has 1 aromatic heterocycles. The molecular weight excluding hydrogens is 572 g/mol. The Hall–Kier alpha value is -4.00. The van der Waals surface area contributed by atoms with Gasteiger partial charge in [-0.05, 0) is 52.2 Å². The summed E-state index contributed by atoms with van der Waals surface area (Å²) >= 11 is 1.55. The van der Waals surface area contributed by atoms with E-state index in [0.29, 0.717) is 19.4 Å². The number of ether oxygens (including phenoxy) is 1. The van der Waals surface area contributed by atoms with E-state index in [0.717, 1.165) is 10.7 Å². The van der Waals surface area contributed by atoms with Crippen molar-refractivity contribution in [2.45, 2.75) is 84.5 Å².